The summed E-state index contributed by atoms with van der Waals surface area (Å²) < 4.78 is 5.85. The molecule has 5 nitrogen and oxygen atoms in total. The number of hydrogen-bond donors (Lipinski definition) is 0. The molecule has 2 aromatic heterocycles. The zero-order valence-corrected chi connectivity index (χ0v) is 14.8. The Bertz CT molecular complexity index is 629. The lowest BCUT2D eigenvalue weighted by Gasteiger charge is -2.32. The number of piperidine rings is 1. The van der Waals surface area contributed by atoms with Crippen LogP contribution in [0.4, 0.5) is 5.82 Å². The third kappa shape index (κ3) is 4.22. The van der Waals surface area contributed by atoms with Crippen LogP contribution in [-0.4, -0.2) is 34.9 Å². The van der Waals surface area contributed by atoms with E-state index in [-0.39, 0.29) is 5.41 Å². The van der Waals surface area contributed by atoms with Gasteiger partial charge in [0.2, 0.25) is 0 Å². The summed E-state index contributed by atoms with van der Waals surface area (Å²) in [5.74, 6) is 2.48. The van der Waals surface area contributed by atoms with Crippen molar-refractivity contribution in [1.29, 1.82) is 0 Å². The Hall–Kier alpha value is -2.17. The monoisotopic (exact) mass is 326 g/mol. The molecule has 0 N–H and O–H groups in total. The van der Waals surface area contributed by atoms with E-state index >= 15 is 0 Å². The number of aromatic nitrogens is 3. The van der Waals surface area contributed by atoms with E-state index in [4.69, 9.17) is 4.74 Å². The SMILES string of the molecule is CC(C)(C)c1ccc(N2CCC(COc3ccncc3)CC2)nn1. The van der Waals surface area contributed by atoms with E-state index in [9.17, 15) is 0 Å². The van der Waals surface area contributed by atoms with Crippen LogP contribution >= 0.6 is 0 Å². The molecule has 2 aromatic rings. The summed E-state index contributed by atoms with van der Waals surface area (Å²) in [5.41, 5.74) is 1.08. The van der Waals surface area contributed by atoms with E-state index in [1.54, 1.807) is 12.4 Å². The Morgan fingerprint density at radius 2 is 1.75 bits per heavy atom. The summed E-state index contributed by atoms with van der Waals surface area (Å²) in [6, 6.07) is 8.01. The molecule has 3 rings (SSSR count). The van der Waals surface area contributed by atoms with E-state index in [2.05, 4.69) is 53.0 Å². The molecular weight excluding hydrogens is 300 g/mol. The lowest BCUT2D eigenvalue weighted by molar-refractivity contribution is 0.222. The standard InChI is InChI=1S/C19H26N4O/c1-19(2,3)17-4-5-18(22-21-17)23-12-8-15(9-13-23)14-24-16-6-10-20-11-7-16/h4-7,10-11,15H,8-9,12-14H2,1-3H3. The third-order valence-electron chi connectivity index (χ3n) is 4.49. The average Bonchev–Trinajstić information content (AvgIpc) is 2.61. The average molecular weight is 326 g/mol. The zero-order chi connectivity index (χ0) is 17.0. The van der Waals surface area contributed by atoms with Crippen LogP contribution in [0.1, 0.15) is 39.3 Å². The first-order valence-electron chi connectivity index (χ1n) is 8.64. The molecule has 0 saturated carbocycles. The van der Waals surface area contributed by atoms with Crippen LogP contribution in [0.3, 0.4) is 0 Å². The van der Waals surface area contributed by atoms with Crippen LogP contribution in [0, 0.1) is 5.92 Å². The van der Waals surface area contributed by atoms with Crippen molar-refractivity contribution in [3.05, 3.63) is 42.4 Å². The lowest BCUT2D eigenvalue weighted by atomic mass is 9.92. The fraction of sp³-hybridized carbons (Fsp3) is 0.526. The van der Waals surface area contributed by atoms with Crippen molar-refractivity contribution in [3.8, 4) is 5.75 Å². The van der Waals surface area contributed by atoms with Crippen molar-refractivity contribution in [1.82, 2.24) is 15.2 Å². The predicted molar refractivity (Wildman–Crippen MR) is 95.4 cm³/mol. The number of nitrogens with zero attached hydrogens (tertiary/aromatic N) is 4. The molecule has 0 amide bonds. The minimum Gasteiger partial charge on any atom is -0.493 e. The first-order chi connectivity index (χ1) is 11.5. The summed E-state index contributed by atoms with van der Waals surface area (Å²) in [7, 11) is 0. The number of hydrogen-bond acceptors (Lipinski definition) is 5. The second-order valence-corrected chi connectivity index (χ2v) is 7.45. The van der Waals surface area contributed by atoms with E-state index in [0.717, 1.165) is 49.8 Å². The molecule has 0 aliphatic carbocycles. The summed E-state index contributed by atoms with van der Waals surface area (Å²) in [6.45, 7) is 9.26. The molecule has 24 heavy (non-hydrogen) atoms. The van der Waals surface area contributed by atoms with E-state index in [1.807, 2.05) is 12.1 Å². The molecule has 0 radical (unpaired) electrons. The van der Waals surface area contributed by atoms with Crippen LogP contribution in [0.25, 0.3) is 0 Å². The van der Waals surface area contributed by atoms with Crippen molar-refractivity contribution in [2.45, 2.75) is 39.0 Å². The molecule has 0 unspecified atom stereocenters. The van der Waals surface area contributed by atoms with Gasteiger partial charge in [0.15, 0.2) is 5.82 Å². The van der Waals surface area contributed by atoms with Crippen molar-refractivity contribution in [2.24, 2.45) is 5.92 Å². The Labute approximate surface area is 144 Å². The molecule has 1 aliphatic rings. The highest BCUT2D eigenvalue weighted by atomic mass is 16.5. The summed E-state index contributed by atoms with van der Waals surface area (Å²) in [4.78, 5) is 6.33. The Kier molecular flexibility index (Phi) is 4.97. The summed E-state index contributed by atoms with van der Waals surface area (Å²) in [5, 5.41) is 8.82. The number of pyridine rings is 1. The molecule has 3 heterocycles. The maximum Gasteiger partial charge on any atom is 0.151 e. The van der Waals surface area contributed by atoms with Crippen LogP contribution in [0.5, 0.6) is 5.75 Å². The largest absolute Gasteiger partial charge is 0.493 e. The fourth-order valence-corrected chi connectivity index (χ4v) is 2.87. The molecule has 0 atom stereocenters. The maximum atomic E-state index is 5.85. The Morgan fingerprint density at radius 1 is 1.04 bits per heavy atom. The number of rotatable bonds is 4. The first-order valence-corrected chi connectivity index (χ1v) is 8.64. The minimum atomic E-state index is 0.0445. The van der Waals surface area contributed by atoms with Gasteiger partial charge in [0.05, 0.1) is 12.3 Å². The summed E-state index contributed by atoms with van der Waals surface area (Å²) in [6.07, 6.45) is 5.76. The maximum absolute atomic E-state index is 5.85. The van der Waals surface area contributed by atoms with Gasteiger partial charge in [-0.05, 0) is 43.0 Å². The fourth-order valence-electron chi connectivity index (χ4n) is 2.87. The predicted octanol–water partition coefficient (Wildman–Crippen LogP) is 3.46. The molecule has 128 valence electrons. The van der Waals surface area contributed by atoms with Crippen LogP contribution in [0.15, 0.2) is 36.7 Å². The molecule has 1 fully saturated rings. The second kappa shape index (κ2) is 7.16. The first kappa shape index (κ1) is 16.7. The minimum absolute atomic E-state index is 0.0445. The van der Waals surface area contributed by atoms with Gasteiger partial charge >= 0.3 is 0 Å². The Morgan fingerprint density at radius 3 is 2.33 bits per heavy atom. The van der Waals surface area contributed by atoms with Gasteiger partial charge in [0.1, 0.15) is 5.75 Å². The topological polar surface area (TPSA) is 51.1 Å². The summed E-state index contributed by atoms with van der Waals surface area (Å²) >= 11 is 0. The van der Waals surface area contributed by atoms with Crippen LogP contribution < -0.4 is 9.64 Å². The van der Waals surface area contributed by atoms with Crippen LogP contribution in [0.2, 0.25) is 0 Å². The highest BCUT2D eigenvalue weighted by Crippen LogP contribution is 2.24. The van der Waals surface area contributed by atoms with Gasteiger partial charge in [0, 0.05) is 30.9 Å². The smallest absolute Gasteiger partial charge is 0.151 e. The van der Waals surface area contributed by atoms with Crippen molar-refractivity contribution >= 4 is 5.82 Å². The van der Waals surface area contributed by atoms with Gasteiger partial charge < -0.3 is 9.64 Å². The molecule has 1 saturated heterocycles. The zero-order valence-electron chi connectivity index (χ0n) is 14.8. The van der Waals surface area contributed by atoms with Gasteiger partial charge in [-0.1, -0.05) is 20.8 Å². The number of anilines is 1. The quantitative estimate of drug-likeness (QED) is 0.861. The highest BCUT2D eigenvalue weighted by molar-refractivity contribution is 5.38. The molecule has 5 heteroatoms. The van der Waals surface area contributed by atoms with Gasteiger partial charge in [0.25, 0.3) is 0 Å². The van der Waals surface area contributed by atoms with Gasteiger partial charge in [-0.15, -0.1) is 5.10 Å². The van der Waals surface area contributed by atoms with Gasteiger partial charge in [-0.2, -0.15) is 5.10 Å². The molecular formula is C19H26N4O. The van der Waals surface area contributed by atoms with Crippen molar-refractivity contribution in [3.63, 3.8) is 0 Å². The molecule has 0 bridgehead atoms. The van der Waals surface area contributed by atoms with Crippen LogP contribution in [-0.2, 0) is 5.41 Å². The van der Waals surface area contributed by atoms with E-state index in [1.165, 1.54) is 0 Å². The highest BCUT2D eigenvalue weighted by Gasteiger charge is 2.22. The normalized spacial score (nSPS) is 16.2. The third-order valence-corrected chi connectivity index (χ3v) is 4.49. The van der Waals surface area contributed by atoms with E-state index < -0.39 is 0 Å². The van der Waals surface area contributed by atoms with Gasteiger partial charge in [-0.25, -0.2) is 0 Å². The van der Waals surface area contributed by atoms with Gasteiger partial charge in [-0.3, -0.25) is 4.98 Å². The number of ether oxygens (including phenoxy) is 1. The van der Waals surface area contributed by atoms with Crippen molar-refractivity contribution < 1.29 is 4.74 Å². The second-order valence-electron chi connectivity index (χ2n) is 7.45. The molecule has 1 aliphatic heterocycles. The Balaban J connectivity index is 1.50. The van der Waals surface area contributed by atoms with Crippen molar-refractivity contribution in [2.75, 3.05) is 24.6 Å². The van der Waals surface area contributed by atoms with E-state index in [0.29, 0.717) is 5.92 Å². The lowest BCUT2D eigenvalue weighted by Crippen LogP contribution is -2.36. The molecule has 0 aromatic carbocycles. The molecule has 0 spiro atoms.